The molecule has 1 saturated carbocycles. The molecule has 0 bridgehead atoms. The number of pyridine rings is 1. The molecule has 1 aliphatic carbocycles. The Bertz CT molecular complexity index is 1140. The normalized spacial score (nSPS) is 18.0. The van der Waals surface area contributed by atoms with E-state index in [1.165, 1.54) is 18.6 Å². The highest BCUT2D eigenvalue weighted by Gasteiger charge is 2.31. The summed E-state index contributed by atoms with van der Waals surface area (Å²) in [6, 6.07) is 5.59. The lowest BCUT2D eigenvalue weighted by atomic mass is 9.92. The van der Waals surface area contributed by atoms with Crippen molar-refractivity contribution in [3.8, 4) is 12.3 Å². The zero-order valence-corrected chi connectivity index (χ0v) is 17.4. The molecule has 10 heteroatoms. The number of nitrogen functional groups attached to an aromatic ring is 2. The van der Waals surface area contributed by atoms with Crippen molar-refractivity contribution in [1.82, 2.24) is 10.3 Å². The number of fused-ring (bicyclic) bond motifs is 1. The van der Waals surface area contributed by atoms with Gasteiger partial charge in [-0.1, -0.05) is 25.3 Å². The fourth-order valence-corrected chi connectivity index (χ4v) is 4.21. The van der Waals surface area contributed by atoms with E-state index in [0.29, 0.717) is 16.7 Å². The molecule has 2 heterocycles. The lowest BCUT2D eigenvalue weighted by Gasteiger charge is -2.28. The molecule has 1 atom stereocenters. The Morgan fingerprint density at radius 2 is 2.00 bits per heavy atom. The predicted molar refractivity (Wildman–Crippen MR) is 117 cm³/mol. The molecule has 32 heavy (non-hydrogen) atoms. The van der Waals surface area contributed by atoms with Crippen LogP contribution >= 0.6 is 0 Å². The van der Waals surface area contributed by atoms with Crippen LogP contribution in [0.2, 0.25) is 0 Å². The monoisotopic (exact) mass is 434 g/mol. The van der Waals surface area contributed by atoms with Crippen molar-refractivity contribution in [2.24, 2.45) is 4.99 Å². The van der Waals surface area contributed by atoms with Gasteiger partial charge in [-0.3, -0.25) is 5.32 Å². The van der Waals surface area contributed by atoms with Crippen LogP contribution in [0.25, 0.3) is 0 Å². The third-order valence-electron chi connectivity index (χ3n) is 5.78. The number of guanidine groups is 1. The Morgan fingerprint density at radius 3 is 2.72 bits per heavy atom. The van der Waals surface area contributed by atoms with Gasteiger partial charge in [0.1, 0.15) is 35.1 Å². The molecule has 164 valence electrons. The maximum atomic E-state index is 14.2. The third kappa shape index (κ3) is 4.13. The van der Waals surface area contributed by atoms with E-state index in [-0.39, 0.29) is 41.6 Å². The number of anilines is 3. The summed E-state index contributed by atoms with van der Waals surface area (Å²) >= 11 is 0. The maximum absolute atomic E-state index is 14.2. The number of hydrogen-bond acceptors (Lipinski definition) is 9. The lowest BCUT2D eigenvalue weighted by Crippen LogP contribution is -2.33. The largest absolute Gasteiger partial charge is 0.397 e. The highest BCUT2D eigenvalue weighted by molar-refractivity contribution is 5.98. The molecule has 1 aromatic carbocycles. The van der Waals surface area contributed by atoms with Gasteiger partial charge >= 0.3 is 0 Å². The minimum absolute atomic E-state index is 0.0341. The van der Waals surface area contributed by atoms with Crippen molar-refractivity contribution in [2.75, 3.05) is 16.8 Å². The van der Waals surface area contributed by atoms with Crippen LogP contribution in [0.3, 0.4) is 0 Å². The molecule has 4 rings (SSSR count). The molecule has 1 aliphatic heterocycles. The van der Waals surface area contributed by atoms with Gasteiger partial charge in [0.25, 0.3) is 0 Å². The second-order valence-corrected chi connectivity index (χ2v) is 7.82. The van der Waals surface area contributed by atoms with Gasteiger partial charge in [0, 0.05) is 5.56 Å². The molecule has 6 N–H and O–H groups in total. The fourth-order valence-electron chi connectivity index (χ4n) is 4.21. The molecule has 0 saturated heterocycles. The molecule has 2 aromatic rings. The van der Waals surface area contributed by atoms with Gasteiger partial charge in [-0.15, -0.1) is 0 Å². The number of hydrogen-bond donors (Lipinski definition) is 4. The number of ether oxygens (including phenoxy) is 1. The lowest BCUT2D eigenvalue weighted by molar-refractivity contribution is 0.0164. The molecular weight excluding hydrogens is 411 g/mol. The summed E-state index contributed by atoms with van der Waals surface area (Å²) in [6.07, 6.45) is 7.36. The highest BCUT2D eigenvalue weighted by Crippen LogP contribution is 2.41. The van der Waals surface area contributed by atoms with Gasteiger partial charge in [0.15, 0.2) is 6.19 Å². The second kappa shape index (κ2) is 9.08. The quantitative estimate of drug-likeness (QED) is 0.422. The van der Waals surface area contributed by atoms with E-state index < -0.39 is 11.9 Å². The van der Waals surface area contributed by atoms with E-state index >= 15 is 0 Å². The van der Waals surface area contributed by atoms with E-state index in [4.69, 9.17) is 21.5 Å². The smallest absolute Gasteiger partial charge is 0.211 e. The number of halogens is 1. The van der Waals surface area contributed by atoms with Crippen LogP contribution in [0.4, 0.5) is 21.7 Å². The molecule has 0 radical (unpaired) electrons. The van der Waals surface area contributed by atoms with E-state index in [0.717, 1.165) is 25.7 Å². The number of aromatic nitrogens is 1. The SMILES string of the molecule is N#CNC1=NC(c2ccc(F)cc2COC2CCCCC2)c2c(nc(N)c(C#N)c2N)N1. The van der Waals surface area contributed by atoms with E-state index in [1.54, 1.807) is 6.07 Å². The highest BCUT2D eigenvalue weighted by atomic mass is 19.1. The number of nitriles is 2. The number of benzene rings is 1. The first-order valence-electron chi connectivity index (χ1n) is 10.4. The van der Waals surface area contributed by atoms with E-state index in [2.05, 4.69) is 20.6 Å². The van der Waals surface area contributed by atoms with Crippen LogP contribution in [0.15, 0.2) is 23.2 Å². The van der Waals surface area contributed by atoms with Crippen molar-refractivity contribution in [1.29, 1.82) is 10.5 Å². The number of nitrogens with one attached hydrogen (secondary N) is 2. The molecule has 1 fully saturated rings. The molecule has 2 aliphatic rings. The number of nitrogens with zero attached hydrogens (tertiary/aromatic N) is 4. The Morgan fingerprint density at radius 1 is 1.22 bits per heavy atom. The van der Waals surface area contributed by atoms with E-state index in [9.17, 15) is 9.65 Å². The summed E-state index contributed by atoms with van der Waals surface area (Å²) in [7, 11) is 0. The predicted octanol–water partition coefficient (Wildman–Crippen LogP) is 3.05. The molecule has 1 unspecified atom stereocenters. The summed E-state index contributed by atoms with van der Waals surface area (Å²) in [5, 5.41) is 23.9. The summed E-state index contributed by atoms with van der Waals surface area (Å²) < 4.78 is 20.3. The van der Waals surface area contributed by atoms with Gasteiger partial charge in [-0.25, -0.2) is 14.4 Å². The van der Waals surface area contributed by atoms with Crippen molar-refractivity contribution >= 4 is 23.3 Å². The second-order valence-electron chi connectivity index (χ2n) is 7.82. The maximum Gasteiger partial charge on any atom is 0.211 e. The summed E-state index contributed by atoms with van der Waals surface area (Å²) in [5.74, 6) is -0.0107. The molecular formula is C22H23FN8O. The van der Waals surface area contributed by atoms with Crippen LogP contribution in [-0.2, 0) is 11.3 Å². The summed E-state index contributed by atoms with van der Waals surface area (Å²) in [5.41, 5.74) is 14.1. The molecule has 1 aromatic heterocycles. The average Bonchev–Trinajstić information content (AvgIpc) is 2.78. The topological polar surface area (TPSA) is 158 Å². The van der Waals surface area contributed by atoms with E-state index in [1.807, 2.05) is 12.3 Å². The van der Waals surface area contributed by atoms with Crippen LogP contribution < -0.4 is 22.1 Å². The first-order chi connectivity index (χ1) is 15.5. The molecule has 0 spiro atoms. The van der Waals surface area contributed by atoms with Gasteiger partial charge < -0.3 is 21.5 Å². The standard InChI is InChI=1S/C22H23FN8O/c23-13-6-7-15(12(8-13)10-32-14-4-2-1-3-5-14)19-17-18(26)16(9-24)20(27)30-21(17)31-22(29-19)28-11-25/h6-8,14,19H,1-5,10H2,(H6,26,27,28,29,30,31). The van der Waals surface area contributed by atoms with Gasteiger partial charge in [-0.05, 0) is 36.1 Å². The van der Waals surface area contributed by atoms with Gasteiger partial charge in [0.2, 0.25) is 5.96 Å². The van der Waals surface area contributed by atoms with Crippen molar-refractivity contribution in [2.45, 2.75) is 50.9 Å². The first kappa shape index (κ1) is 21.3. The minimum Gasteiger partial charge on any atom is -0.397 e. The van der Waals surface area contributed by atoms with Gasteiger partial charge in [-0.2, -0.15) is 10.5 Å². The van der Waals surface area contributed by atoms with Crippen LogP contribution in [-0.4, -0.2) is 17.0 Å². The van der Waals surface area contributed by atoms with Crippen molar-refractivity contribution in [3.63, 3.8) is 0 Å². The Hall–Kier alpha value is -3.89. The van der Waals surface area contributed by atoms with Crippen molar-refractivity contribution in [3.05, 3.63) is 46.3 Å². The average molecular weight is 434 g/mol. The zero-order chi connectivity index (χ0) is 22.7. The van der Waals surface area contributed by atoms with Gasteiger partial charge in [0.05, 0.1) is 18.4 Å². The Kier molecular flexibility index (Phi) is 6.06. The third-order valence-corrected chi connectivity index (χ3v) is 5.78. The molecule has 9 nitrogen and oxygen atoms in total. The zero-order valence-electron chi connectivity index (χ0n) is 17.4. The summed E-state index contributed by atoms with van der Waals surface area (Å²) in [4.78, 5) is 8.81. The molecule has 0 amide bonds. The number of aliphatic imine (C=N–C) groups is 1. The number of rotatable bonds is 4. The fraction of sp³-hybridized carbons (Fsp3) is 0.364. The van der Waals surface area contributed by atoms with Crippen LogP contribution in [0, 0.1) is 28.6 Å². The first-order valence-corrected chi connectivity index (χ1v) is 10.4. The minimum atomic E-state index is -0.743. The number of nitrogens with two attached hydrogens (primary N) is 2. The Balaban J connectivity index is 1.78. The van der Waals surface area contributed by atoms with Crippen molar-refractivity contribution < 1.29 is 9.13 Å². The van der Waals surface area contributed by atoms with Crippen LogP contribution in [0.5, 0.6) is 0 Å². The van der Waals surface area contributed by atoms with Crippen LogP contribution in [0.1, 0.15) is 60.4 Å². The Labute approximate surface area is 184 Å². The summed E-state index contributed by atoms with van der Waals surface area (Å²) in [6.45, 7) is 0.209.